The molecule has 0 aromatic heterocycles. The molecule has 0 bridgehead atoms. The highest BCUT2D eigenvalue weighted by Crippen LogP contribution is 2.48. The molecule has 1 fully saturated rings. The normalized spacial score (nSPS) is 17.2. The fourth-order valence-electron chi connectivity index (χ4n) is 2.10. The Morgan fingerprint density at radius 2 is 1.88 bits per heavy atom. The standard InChI is InChI=1S/C13H18N2O/c1-9(2)10-3-5-11(6-4-10)13(7-8-13)12(16)15-14/h3-6,9H,7-8,14H2,1-2H3,(H,15,16). The lowest BCUT2D eigenvalue weighted by Gasteiger charge is -2.14. The van der Waals surface area contributed by atoms with Crippen LogP contribution in [0, 0.1) is 0 Å². The van der Waals surface area contributed by atoms with Crippen LogP contribution in [0.2, 0.25) is 0 Å². The third kappa shape index (κ3) is 1.71. The predicted octanol–water partition coefficient (Wildman–Crippen LogP) is 1.83. The number of carbonyl (C=O) groups is 1. The van der Waals surface area contributed by atoms with Crippen LogP contribution in [0.3, 0.4) is 0 Å². The molecule has 1 amide bonds. The summed E-state index contributed by atoms with van der Waals surface area (Å²) in [4.78, 5) is 11.7. The smallest absolute Gasteiger partial charge is 0.244 e. The first-order chi connectivity index (χ1) is 7.60. The molecular formula is C13H18N2O. The van der Waals surface area contributed by atoms with Gasteiger partial charge in [0.15, 0.2) is 0 Å². The second-order valence-electron chi connectivity index (χ2n) is 4.83. The van der Waals surface area contributed by atoms with Crippen molar-refractivity contribution in [3.8, 4) is 0 Å². The van der Waals surface area contributed by atoms with Gasteiger partial charge in [-0.05, 0) is 29.9 Å². The molecular weight excluding hydrogens is 200 g/mol. The summed E-state index contributed by atoms with van der Waals surface area (Å²) in [6.07, 6.45) is 1.80. The maximum Gasteiger partial charge on any atom is 0.244 e. The molecule has 1 aliphatic carbocycles. The monoisotopic (exact) mass is 218 g/mol. The second kappa shape index (κ2) is 3.91. The van der Waals surface area contributed by atoms with Gasteiger partial charge in [-0.25, -0.2) is 5.84 Å². The van der Waals surface area contributed by atoms with E-state index in [2.05, 4.69) is 43.5 Å². The van der Waals surface area contributed by atoms with Crippen molar-refractivity contribution in [3.05, 3.63) is 35.4 Å². The van der Waals surface area contributed by atoms with E-state index in [1.807, 2.05) is 0 Å². The number of hydrogen-bond donors (Lipinski definition) is 2. The molecule has 0 aliphatic heterocycles. The van der Waals surface area contributed by atoms with Crippen molar-refractivity contribution in [1.82, 2.24) is 5.43 Å². The lowest BCUT2D eigenvalue weighted by atomic mass is 9.92. The van der Waals surface area contributed by atoms with Gasteiger partial charge in [0.2, 0.25) is 5.91 Å². The highest BCUT2D eigenvalue weighted by atomic mass is 16.2. The average Bonchev–Trinajstić information content (AvgIpc) is 3.09. The fraction of sp³-hybridized carbons (Fsp3) is 0.462. The molecule has 16 heavy (non-hydrogen) atoms. The van der Waals surface area contributed by atoms with Crippen LogP contribution in [0.25, 0.3) is 0 Å². The molecule has 0 heterocycles. The van der Waals surface area contributed by atoms with E-state index in [1.54, 1.807) is 0 Å². The predicted molar refractivity (Wildman–Crippen MR) is 63.8 cm³/mol. The number of nitrogens with two attached hydrogens (primary N) is 1. The Labute approximate surface area is 96.0 Å². The Balaban J connectivity index is 2.25. The first kappa shape index (κ1) is 11.1. The fourth-order valence-corrected chi connectivity index (χ4v) is 2.10. The summed E-state index contributed by atoms with van der Waals surface area (Å²) in [6, 6.07) is 8.31. The van der Waals surface area contributed by atoms with Crippen LogP contribution in [0.4, 0.5) is 0 Å². The number of carbonyl (C=O) groups excluding carboxylic acids is 1. The second-order valence-corrected chi connectivity index (χ2v) is 4.83. The molecule has 0 saturated heterocycles. The van der Waals surface area contributed by atoms with Crippen LogP contribution in [0.1, 0.15) is 43.7 Å². The molecule has 0 unspecified atom stereocenters. The van der Waals surface area contributed by atoms with Crippen molar-refractivity contribution in [2.45, 2.75) is 38.0 Å². The van der Waals surface area contributed by atoms with E-state index in [4.69, 9.17) is 5.84 Å². The Kier molecular flexibility index (Phi) is 2.72. The third-order valence-electron chi connectivity index (χ3n) is 3.45. The number of rotatable bonds is 3. The maximum atomic E-state index is 11.7. The molecule has 1 aromatic carbocycles. The van der Waals surface area contributed by atoms with Crippen molar-refractivity contribution in [2.24, 2.45) is 5.84 Å². The van der Waals surface area contributed by atoms with E-state index >= 15 is 0 Å². The molecule has 86 valence electrons. The van der Waals surface area contributed by atoms with E-state index < -0.39 is 0 Å². The summed E-state index contributed by atoms with van der Waals surface area (Å²) in [5, 5.41) is 0. The topological polar surface area (TPSA) is 55.1 Å². The van der Waals surface area contributed by atoms with Crippen molar-refractivity contribution >= 4 is 5.91 Å². The van der Waals surface area contributed by atoms with Gasteiger partial charge in [-0.2, -0.15) is 0 Å². The van der Waals surface area contributed by atoms with Crippen LogP contribution in [-0.2, 0) is 10.2 Å². The minimum atomic E-state index is -0.343. The van der Waals surface area contributed by atoms with Gasteiger partial charge in [0.25, 0.3) is 0 Å². The van der Waals surface area contributed by atoms with Crippen LogP contribution < -0.4 is 11.3 Å². The van der Waals surface area contributed by atoms with Crippen LogP contribution in [-0.4, -0.2) is 5.91 Å². The molecule has 3 heteroatoms. The SMILES string of the molecule is CC(C)c1ccc(C2(C(=O)NN)CC2)cc1. The zero-order valence-electron chi connectivity index (χ0n) is 9.79. The van der Waals surface area contributed by atoms with Gasteiger partial charge in [0.1, 0.15) is 0 Å². The molecule has 0 radical (unpaired) electrons. The molecule has 1 saturated carbocycles. The van der Waals surface area contributed by atoms with Gasteiger partial charge in [0.05, 0.1) is 5.41 Å². The molecule has 0 atom stereocenters. The Bertz CT molecular complexity index is 391. The first-order valence-electron chi connectivity index (χ1n) is 5.71. The zero-order valence-corrected chi connectivity index (χ0v) is 9.79. The maximum absolute atomic E-state index is 11.7. The summed E-state index contributed by atoms with van der Waals surface area (Å²) < 4.78 is 0. The average molecular weight is 218 g/mol. The number of nitrogens with one attached hydrogen (secondary N) is 1. The number of benzene rings is 1. The van der Waals surface area contributed by atoms with Gasteiger partial charge >= 0.3 is 0 Å². The zero-order chi connectivity index (χ0) is 11.8. The molecule has 3 N–H and O–H groups in total. The highest BCUT2D eigenvalue weighted by Gasteiger charge is 2.50. The van der Waals surface area contributed by atoms with Crippen LogP contribution in [0.15, 0.2) is 24.3 Å². The molecule has 1 aromatic rings. The lowest BCUT2D eigenvalue weighted by molar-refractivity contribution is -0.123. The number of hydrogen-bond acceptors (Lipinski definition) is 2. The molecule has 2 rings (SSSR count). The Morgan fingerprint density at radius 3 is 2.25 bits per heavy atom. The lowest BCUT2D eigenvalue weighted by Crippen LogP contribution is -2.39. The summed E-state index contributed by atoms with van der Waals surface area (Å²) in [5.74, 6) is 5.67. The Morgan fingerprint density at radius 1 is 1.31 bits per heavy atom. The minimum absolute atomic E-state index is 0.0650. The van der Waals surface area contributed by atoms with Gasteiger partial charge in [-0.15, -0.1) is 0 Å². The van der Waals surface area contributed by atoms with Crippen LogP contribution >= 0.6 is 0 Å². The van der Waals surface area contributed by atoms with Crippen molar-refractivity contribution in [3.63, 3.8) is 0 Å². The van der Waals surface area contributed by atoms with Gasteiger partial charge in [-0.3, -0.25) is 10.2 Å². The van der Waals surface area contributed by atoms with Crippen molar-refractivity contribution in [1.29, 1.82) is 0 Å². The first-order valence-corrected chi connectivity index (χ1v) is 5.71. The summed E-state index contributed by atoms with van der Waals surface area (Å²) in [7, 11) is 0. The minimum Gasteiger partial charge on any atom is -0.293 e. The highest BCUT2D eigenvalue weighted by molar-refractivity contribution is 5.90. The Hall–Kier alpha value is -1.35. The van der Waals surface area contributed by atoms with Gasteiger partial charge in [0, 0.05) is 0 Å². The van der Waals surface area contributed by atoms with E-state index in [-0.39, 0.29) is 11.3 Å². The summed E-state index contributed by atoms with van der Waals surface area (Å²) >= 11 is 0. The van der Waals surface area contributed by atoms with E-state index in [9.17, 15) is 4.79 Å². The van der Waals surface area contributed by atoms with E-state index in [0.29, 0.717) is 5.92 Å². The number of hydrazine groups is 1. The largest absolute Gasteiger partial charge is 0.293 e. The van der Waals surface area contributed by atoms with Crippen molar-refractivity contribution in [2.75, 3.05) is 0 Å². The summed E-state index contributed by atoms with van der Waals surface area (Å²) in [6.45, 7) is 4.32. The molecule has 1 aliphatic rings. The van der Waals surface area contributed by atoms with Crippen LogP contribution in [0.5, 0.6) is 0 Å². The van der Waals surface area contributed by atoms with Gasteiger partial charge in [-0.1, -0.05) is 38.1 Å². The van der Waals surface area contributed by atoms with E-state index in [1.165, 1.54) is 5.56 Å². The third-order valence-corrected chi connectivity index (χ3v) is 3.45. The van der Waals surface area contributed by atoms with Crippen molar-refractivity contribution < 1.29 is 4.79 Å². The molecule has 0 spiro atoms. The summed E-state index contributed by atoms with van der Waals surface area (Å²) in [5.41, 5.74) is 4.30. The van der Waals surface area contributed by atoms with E-state index in [0.717, 1.165) is 18.4 Å². The number of amides is 1. The van der Waals surface area contributed by atoms with Gasteiger partial charge < -0.3 is 0 Å². The quantitative estimate of drug-likeness (QED) is 0.462. The molecule has 3 nitrogen and oxygen atoms in total.